The van der Waals surface area contributed by atoms with Gasteiger partial charge in [-0.25, -0.2) is 4.79 Å². The minimum atomic E-state index is -0.889. The number of hydrogen-bond donors (Lipinski definition) is 2. The molecule has 1 atom stereocenters. The summed E-state index contributed by atoms with van der Waals surface area (Å²) in [4.78, 5) is 51.2. The summed E-state index contributed by atoms with van der Waals surface area (Å²) in [7, 11) is 0. The molecule has 3 aliphatic rings. The van der Waals surface area contributed by atoms with Crippen molar-refractivity contribution in [2.75, 3.05) is 6.54 Å². The molecular formula is C18H22N4O5. The van der Waals surface area contributed by atoms with Gasteiger partial charge in [-0.1, -0.05) is 19.3 Å². The molecule has 0 radical (unpaired) electrons. The summed E-state index contributed by atoms with van der Waals surface area (Å²) >= 11 is 0. The maximum Gasteiger partial charge on any atom is 0.344 e. The molecular weight excluding hydrogens is 352 g/mol. The van der Waals surface area contributed by atoms with Crippen LogP contribution in [0.1, 0.15) is 44.3 Å². The highest BCUT2D eigenvalue weighted by Gasteiger charge is 2.52. The zero-order chi connectivity index (χ0) is 19.0. The fourth-order valence-electron chi connectivity index (χ4n) is 4.11. The molecule has 1 aromatic heterocycles. The molecule has 5 amide bonds. The van der Waals surface area contributed by atoms with E-state index in [2.05, 4.69) is 10.7 Å². The molecule has 144 valence electrons. The standard InChI is InChI=1S/C18H22N4O5/c23-14-9-12(10-21(14)11-13-5-4-8-27-13)15(24)20-22-16(25)18(19-17(22)26)6-2-1-3-7-18/h4-5,8,12H,1-3,6-7,9-11H2,(H,19,26)(H,20,24)/t12-/m1/s1. The number of urea groups is 1. The van der Waals surface area contributed by atoms with Gasteiger partial charge in [-0.15, -0.1) is 0 Å². The van der Waals surface area contributed by atoms with E-state index in [0.29, 0.717) is 25.1 Å². The third kappa shape index (κ3) is 3.17. The number of carbonyl (C=O) groups excluding carboxylic acids is 4. The topological polar surface area (TPSA) is 112 Å². The lowest BCUT2D eigenvalue weighted by atomic mass is 9.82. The Bertz CT molecular complexity index is 769. The van der Waals surface area contributed by atoms with E-state index in [1.165, 1.54) is 11.2 Å². The number of hydrogen-bond acceptors (Lipinski definition) is 5. The maximum atomic E-state index is 12.7. The van der Waals surface area contributed by atoms with Gasteiger partial charge in [0.15, 0.2) is 0 Å². The van der Waals surface area contributed by atoms with E-state index in [1.54, 1.807) is 12.1 Å². The van der Waals surface area contributed by atoms with Crippen LogP contribution in [-0.4, -0.2) is 45.7 Å². The monoisotopic (exact) mass is 374 g/mol. The Hall–Kier alpha value is -2.84. The summed E-state index contributed by atoms with van der Waals surface area (Å²) < 4.78 is 5.24. The number of likely N-dealkylation sites (tertiary alicyclic amines) is 1. The van der Waals surface area contributed by atoms with Crippen LogP contribution in [-0.2, 0) is 20.9 Å². The van der Waals surface area contributed by atoms with Crippen LogP contribution in [0.15, 0.2) is 22.8 Å². The average Bonchev–Trinajstić information content (AvgIpc) is 3.34. The van der Waals surface area contributed by atoms with Crippen LogP contribution in [0.2, 0.25) is 0 Å². The van der Waals surface area contributed by atoms with Gasteiger partial charge in [-0.2, -0.15) is 5.01 Å². The smallest absolute Gasteiger partial charge is 0.344 e. The van der Waals surface area contributed by atoms with Crippen LogP contribution in [0, 0.1) is 5.92 Å². The lowest BCUT2D eigenvalue weighted by Crippen LogP contribution is -2.52. The molecule has 2 N–H and O–H groups in total. The zero-order valence-corrected chi connectivity index (χ0v) is 14.9. The van der Waals surface area contributed by atoms with Crippen LogP contribution < -0.4 is 10.7 Å². The van der Waals surface area contributed by atoms with Gasteiger partial charge >= 0.3 is 6.03 Å². The number of furan rings is 1. The van der Waals surface area contributed by atoms with Crippen LogP contribution in [0.5, 0.6) is 0 Å². The van der Waals surface area contributed by atoms with Gasteiger partial charge in [0.25, 0.3) is 5.91 Å². The number of nitrogens with one attached hydrogen (secondary N) is 2. The number of amides is 5. The Morgan fingerprint density at radius 2 is 2.04 bits per heavy atom. The average molecular weight is 374 g/mol. The van der Waals surface area contributed by atoms with E-state index in [-0.39, 0.29) is 18.9 Å². The molecule has 1 saturated carbocycles. The molecule has 27 heavy (non-hydrogen) atoms. The quantitative estimate of drug-likeness (QED) is 0.761. The molecule has 1 spiro atoms. The zero-order valence-electron chi connectivity index (χ0n) is 14.9. The molecule has 0 unspecified atom stereocenters. The lowest BCUT2D eigenvalue weighted by Gasteiger charge is -2.30. The van der Waals surface area contributed by atoms with Crippen LogP contribution in [0.3, 0.4) is 0 Å². The van der Waals surface area contributed by atoms with E-state index in [9.17, 15) is 19.2 Å². The van der Waals surface area contributed by atoms with Crippen molar-refractivity contribution in [3.05, 3.63) is 24.2 Å². The fraction of sp³-hybridized carbons (Fsp3) is 0.556. The van der Waals surface area contributed by atoms with Crippen molar-refractivity contribution in [1.82, 2.24) is 20.7 Å². The minimum Gasteiger partial charge on any atom is -0.467 e. The van der Waals surface area contributed by atoms with Gasteiger partial charge in [-0.05, 0) is 25.0 Å². The van der Waals surface area contributed by atoms with Crippen molar-refractivity contribution in [1.29, 1.82) is 0 Å². The van der Waals surface area contributed by atoms with Gasteiger partial charge in [0.05, 0.1) is 18.7 Å². The highest BCUT2D eigenvalue weighted by molar-refractivity contribution is 6.08. The summed E-state index contributed by atoms with van der Waals surface area (Å²) in [6.45, 7) is 0.516. The number of carbonyl (C=O) groups is 4. The SMILES string of the molecule is O=C(NN1C(=O)NC2(CCCCC2)C1=O)[C@@H]1CC(=O)N(Cc2ccco2)C1. The summed E-state index contributed by atoms with van der Waals surface area (Å²) in [5.41, 5.74) is 1.53. The first-order valence-electron chi connectivity index (χ1n) is 9.26. The van der Waals surface area contributed by atoms with Crippen molar-refractivity contribution < 1.29 is 23.6 Å². The van der Waals surface area contributed by atoms with Crippen molar-refractivity contribution in [3.8, 4) is 0 Å². The number of nitrogens with zero attached hydrogens (tertiary/aromatic N) is 2. The second kappa shape index (κ2) is 6.71. The third-order valence-corrected chi connectivity index (χ3v) is 5.60. The molecule has 9 heteroatoms. The molecule has 2 saturated heterocycles. The van der Waals surface area contributed by atoms with E-state index in [0.717, 1.165) is 24.3 Å². The Labute approximate surface area is 156 Å². The highest BCUT2D eigenvalue weighted by Crippen LogP contribution is 2.33. The molecule has 2 aliphatic heterocycles. The Balaban J connectivity index is 1.38. The van der Waals surface area contributed by atoms with Gasteiger partial charge in [0.2, 0.25) is 11.8 Å². The summed E-state index contributed by atoms with van der Waals surface area (Å²) in [6, 6.07) is 2.89. The van der Waals surface area contributed by atoms with Gasteiger partial charge in [0, 0.05) is 13.0 Å². The van der Waals surface area contributed by atoms with Crippen molar-refractivity contribution >= 4 is 23.8 Å². The van der Waals surface area contributed by atoms with E-state index < -0.39 is 29.3 Å². The number of imide groups is 1. The summed E-state index contributed by atoms with van der Waals surface area (Å²) in [5.74, 6) is -1.04. The van der Waals surface area contributed by atoms with Crippen LogP contribution >= 0.6 is 0 Å². The predicted molar refractivity (Wildman–Crippen MR) is 91.6 cm³/mol. The minimum absolute atomic E-state index is 0.0430. The first-order valence-corrected chi connectivity index (χ1v) is 9.26. The normalized spacial score (nSPS) is 24.6. The van der Waals surface area contributed by atoms with Crippen LogP contribution in [0.4, 0.5) is 4.79 Å². The third-order valence-electron chi connectivity index (χ3n) is 5.60. The second-order valence-corrected chi connectivity index (χ2v) is 7.44. The van der Waals surface area contributed by atoms with Crippen LogP contribution in [0.25, 0.3) is 0 Å². The van der Waals surface area contributed by atoms with Gasteiger partial charge in [0.1, 0.15) is 11.3 Å². The molecule has 9 nitrogen and oxygen atoms in total. The number of rotatable bonds is 4. The van der Waals surface area contributed by atoms with E-state index >= 15 is 0 Å². The van der Waals surface area contributed by atoms with Crippen molar-refractivity contribution in [2.45, 2.75) is 50.6 Å². The number of hydrazine groups is 1. The Morgan fingerprint density at radius 1 is 1.26 bits per heavy atom. The van der Waals surface area contributed by atoms with E-state index in [4.69, 9.17) is 4.42 Å². The Kier molecular flexibility index (Phi) is 4.37. The fourth-order valence-corrected chi connectivity index (χ4v) is 4.11. The molecule has 0 bridgehead atoms. The Morgan fingerprint density at radius 3 is 2.74 bits per heavy atom. The molecule has 3 heterocycles. The lowest BCUT2D eigenvalue weighted by molar-refractivity contribution is -0.141. The van der Waals surface area contributed by atoms with Gasteiger partial charge < -0.3 is 14.6 Å². The van der Waals surface area contributed by atoms with Crippen molar-refractivity contribution in [3.63, 3.8) is 0 Å². The maximum absolute atomic E-state index is 12.7. The highest BCUT2D eigenvalue weighted by atomic mass is 16.3. The summed E-state index contributed by atoms with van der Waals surface area (Å²) in [6.07, 6.45) is 5.51. The molecule has 1 aromatic rings. The van der Waals surface area contributed by atoms with Crippen molar-refractivity contribution in [2.24, 2.45) is 5.92 Å². The summed E-state index contributed by atoms with van der Waals surface area (Å²) in [5, 5.41) is 3.53. The predicted octanol–water partition coefficient (Wildman–Crippen LogP) is 0.914. The van der Waals surface area contributed by atoms with E-state index in [1.807, 2.05) is 0 Å². The molecule has 4 rings (SSSR count). The molecule has 3 fully saturated rings. The first-order chi connectivity index (χ1) is 13.0. The largest absolute Gasteiger partial charge is 0.467 e. The molecule has 0 aromatic carbocycles. The van der Waals surface area contributed by atoms with Gasteiger partial charge in [-0.3, -0.25) is 19.8 Å². The molecule has 1 aliphatic carbocycles. The first kappa shape index (κ1) is 17.6. The second-order valence-electron chi connectivity index (χ2n) is 7.44.